The van der Waals surface area contributed by atoms with Gasteiger partial charge in [0.25, 0.3) is 0 Å². The third-order valence-electron chi connectivity index (χ3n) is 12.2. The maximum atomic E-state index is 6.41. The molecule has 0 saturated heterocycles. The Hall–Kier alpha value is -7.62. The first-order valence-corrected chi connectivity index (χ1v) is 19.8. The summed E-state index contributed by atoms with van der Waals surface area (Å²) in [5, 5.41) is 4.43. The van der Waals surface area contributed by atoms with Gasteiger partial charge in [0.05, 0.1) is 5.41 Å². The predicted molar refractivity (Wildman–Crippen MR) is 238 cm³/mol. The summed E-state index contributed by atoms with van der Waals surface area (Å²) in [5.74, 6) is 0. The average molecular weight is 742 g/mol. The van der Waals surface area contributed by atoms with Gasteiger partial charge in [-0.1, -0.05) is 140 Å². The van der Waals surface area contributed by atoms with E-state index in [4.69, 9.17) is 8.83 Å². The Labute approximate surface area is 335 Å². The summed E-state index contributed by atoms with van der Waals surface area (Å²) in [4.78, 5) is 2.38. The van der Waals surface area contributed by atoms with Gasteiger partial charge in [-0.05, 0) is 117 Å². The molecule has 12 rings (SSSR count). The molecule has 0 aliphatic heterocycles. The predicted octanol–water partition coefficient (Wildman–Crippen LogP) is 15.0. The van der Waals surface area contributed by atoms with Crippen LogP contribution in [-0.2, 0) is 5.41 Å². The highest BCUT2D eigenvalue weighted by Crippen LogP contribution is 2.58. The van der Waals surface area contributed by atoms with Gasteiger partial charge in [0.1, 0.15) is 22.3 Å². The maximum absolute atomic E-state index is 6.41. The third-order valence-corrected chi connectivity index (χ3v) is 12.2. The molecule has 0 fully saturated rings. The number of fused-ring (bicyclic) bond motifs is 9. The van der Waals surface area contributed by atoms with Crippen molar-refractivity contribution in [2.45, 2.75) is 5.41 Å². The second-order valence-electron chi connectivity index (χ2n) is 15.2. The molecule has 0 N–H and O–H groups in total. The Bertz CT molecular complexity index is 3230. The molecule has 3 heteroatoms. The van der Waals surface area contributed by atoms with Gasteiger partial charge < -0.3 is 13.7 Å². The van der Waals surface area contributed by atoms with Crippen molar-refractivity contribution in [3.05, 3.63) is 235 Å². The van der Waals surface area contributed by atoms with Crippen LogP contribution in [-0.4, -0.2) is 0 Å². The van der Waals surface area contributed by atoms with E-state index in [9.17, 15) is 0 Å². The topological polar surface area (TPSA) is 29.5 Å². The fourth-order valence-corrected chi connectivity index (χ4v) is 9.57. The van der Waals surface area contributed by atoms with E-state index in [0.29, 0.717) is 0 Å². The van der Waals surface area contributed by atoms with Crippen LogP contribution in [0.4, 0.5) is 17.1 Å². The molecule has 0 unspecified atom stereocenters. The molecule has 0 spiro atoms. The summed E-state index contributed by atoms with van der Waals surface area (Å²) in [6.45, 7) is 0. The van der Waals surface area contributed by atoms with E-state index in [1.54, 1.807) is 0 Å². The van der Waals surface area contributed by atoms with Crippen molar-refractivity contribution in [1.29, 1.82) is 0 Å². The van der Waals surface area contributed by atoms with E-state index in [0.717, 1.165) is 60.9 Å². The largest absolute Gasteiger partial charge is 0.456 e. The molecule has 1 aliphatic carbocycles. The molecule has 2 aromatic heterocycles. The van der Waals surface area contributed by atoms with Crippen LogP contribution >= 0.6 is 0 Å². The lowest BCUT2D eigenvalue weighted by molar-refractivity contribution is 0.667. The van der Waals surface area contributed by atoms with Crippen molar-refractivity contribution in [3.63, 3.8) is 0 Å². The van der Waals surface area contributed by atoms with E-state index in [2.05, 4.69) is 205 Å². The minimum absolute atomic E-state index is 0.680. The average Bonchev–Trinajstić information content (AvgIpc) is 3.95. The summed E-state index contributed by atoms with van der Waals surface area (Å²) in [5.41, 5.74) is 15.8. The Kier molecular flexibility index (Phi) is 7.14. The lowest BCUT2D eigenvalue weighted by Gasteiger charge is -2.35. The molecule has 11 aromatic rings. The summed E-state index contributed by atoms with van der Waals surface area (Å²) in [6, 6.07) is 76.5. The van der Waals surface area contributed by atoms with Crippen LogP contribution in [0.15, 0.2) is 221 Å². The quantitative estimate of drug-likeness (QED) is 0.170. The van der Waals surface area contributed by atoms with Crippen LogP contribution in [0, 0.1) is 0 Å². The fourth-order valence-electron chi connectivity index (χ4n) is 9.57. The first-order valence-electron chi connectivity index (χ1n) is 19.8. The zero-order valence-corrected chi connectivity index (χ0v) is 31.5. The standard InChI is InChI=1S/C55H35NO2/c1-3-13-36(14-4-1)37-23-27-41(28-24-37)56(40-15-5-2-6-16-40)42-29-30-44-43-17-7-10-20-49(43)55(50(44)35-42,38-25-31-53-47(33-38)45-18-8-11-21-51(45)57-53)39-26-32-54-48(34-39)46-19-9-12-22-52(46)58-54/h1-35H. The van der Waals surface area contributed by atoms with Gasteiger partial charge in [0, 0.05) is 38.6 Å². The Balaban J connectivity index is 1.15. The number of hydrogen-bond donors (Lipinski definition) is 0. The van der Waals surface area contributed by atoms with E-state index in [1.165, 1.54) is 44.5 Å². The molecule has 9 aromatic carbocycles. The van der Waals surface area contributed by atoms with Gasteiger partial charge in [0.2, 0.25) is 0 Å². The van der Waals surface area contributed by atoms with Crippen molar-refractivity contribution in [2.24, 2.45) is 0 Å². The van der Waals surface area contributed by atoms with Crippen LogP contribution < -0.4 is 4.90 Å². The number of hydrogen-bond acceptors (Lipinski definition) is 3. The molecule has 0 radical (unpaired) electrons. The van der Waals surface area contributed by atoms with Crippen LogP contribution in [0.5, 0.6) is 0 Å². The first kappa shape index (κ1) is 32.6. The van der Waals surface area contributed by atoms with Gasteiger partial charge in [-0.15, -0.1) is 0 Å². The maximum Gasteiger partial charge on any atom is 0.135 e. The van der Waals surface area contributed by atoms with Crippen molar-refractivity contribution in [1.82, 2.24) is 0 Å². The number of anilines is 3. The smallest absolute Gasteiger partial charge is 0.135 e. The van der Waals surface area contributed by atoms with E-state index >= 15 is 0 Å². The zero-order valence-electron chi connectivity index (χ0n) is 31.5. The van der Waals surface area contributed by atoms with E-state index < -0.39 is 5.41 Å². The lowest BCUT2D eigenvalue weighted by atomic mass is 9.67. The molecule has 1 aliphatic rings. The number of nitrogens with zero attached hydrogens (tertiary/aromatic N) is 1. The van der Waals surface area contributed by atoms with Gasteiger partial charge in [-0.2, -0.15) is 0 Å². The molecule has 2 heterocycles. The minimum atomic E-state index is -0.680. The highest BCUT2D eigenvalue weighted by Gasteiger charge is 2.47. The summed E-state index contributed by atoms with van der Waals surface area (Å²) in [7, 11) is 0. The van der Waals surface area contributed by atoms with Gasteiger partial charge >= 0.3 is 0 Å². The summed E-state index contributed by atoms with van der Waals surface area (Å²) < 4.78 is 12.8. The van der Waals surface area contributed by atoms with Gasteiger partial charge in [0.15, 0.2) is 0 Å². The van der Waals surface area contributed by atoms with Crippen molar-refractivity contribution in [3.8, 4) is 22.3 Å². The van der Waals surface area contributed by atoms with Crippen LogP contribution in [0.1, 0.15) is 22.3 Å². The van der Waals surface area contributed by atoms with Gasteiger partial charge in [-0.25, -0.2) is 0 Å². The first-order chi connectivity index (χ1) is 28.7. The Morgan fingerprint density at radius 3 is 1.45 bits per heavy atom. The number of rotatable bonds is 6. The molecule has 0 amide bonds. The highest BCUT2D eigenvalue weighted by molar-refractivity contribution is 6.07. The number of furan rings is 2. The van der Waals surface area contributed by atoms with Crippen molar-refractivity contribution < 1.29 is 8.83 Å². The van der Waals surface area contributed by atoms with E-state index in [1.807, 2.05) is 12.1 Å². The zero-order chi connectivity index (χ0) is 38.2. The molecule has 0 atom stereocenters. The Morgan fingerprint density at radius 1 is 0.310 bits per heavy atom. The Morgan fingerprint density at radius 2 is 0.793 bits per heavy atom. The summed E-state index contributed by atoms with van der Waals surface area (Å²) in [6.07, 6.45) is 0. The normalized spacial score (nSPS) is 13.0. The van der Waals surface area contributed by atoms with Crippen molar-refractivity contribution in [2.75, 3.05) is 4.90 Å². The highest BCUT2D eigenvalue weighted by atomic mass is 16.3. The second-order valence-corrected chi connectivity index (χ2v) is 15.2. The van der Waals surface area contributed by atoms with Crippen LogP contribution in [0.3, 0.4) is 0 Å². The molecule has 0 saturated carbocycles. The SMILES string of the molecule is c1ccc(-c2ccc(N(c3ccccc3)c3ccc4c(c3)C(c3ccc5oc6ccccc6c5c3)(c3ccc5oc6ccccc6c5c3)c3ccccc3-4)cc2)cc1. The number of para-hydroxylation sites is 3. The minimum Gasteiger partial charge on any atom is -0.456 e. The fraction of sp³-hybridized carbons (Fsp3) is 0.0182. The second kappa shape index (κ2) is 12.7. The molecular formula is C55H35NO2. The molecule has 58 heavy (non-hydrogen) atoms. The molecule has 0 bridgehead atoms. The molecule has 3 nitrogen and oxygen atoms in total. The van der Waals surface area contributed by atoms with Gasteiger partial charge in [-0.3, -0.25) is 0 Å². The monoisotopic (exact) mass is 741 g/mol. The third kappa shape index (κ3) is 4.80. The van der Waals surface area contributed by atoms with E-state index in [-0.39, 0.29) is 0 Å². The molecular weight excluding hydrogens is 707 g/mol. The number of benzene rings is 9. The van der Waals surface area contributed by atoms with Crippen LogP contribution in [0.25, 0.3) is 66.1 Å². The van der Waals surface area contributed by atoms with Crippen LogP contribution in [0.2, 0.25) is 0 Å². The lowest BCUT2D eigenvalue weighted by Crippen LogP contribution is -2.28. The summed E-state index contributed by atoms with van der Waals surface area (Å²) >= 11 is 0. The van der Waals surface area contributed by atoms with Crippen molar-refractivity contribution >= 4 is 60.9 Å². The molecule has 272 valence electrons.